The highest BCUT2D eigenvalue weighted by molar-refractivity contribution is 7.14. The second-order valence-corrected chi connectivity index (χ2v) is 5.09. The van der Waals surface area contributed by atoms with Crippen LogP contribution in [0.25, 0.3) is 6.08 Å². The van der Waals surface area contributed by atoms with Gasteiger partial charge in [-0.1, -0.05) is 0 Å². The second-order valence-electron chi connectivity index (χ2n) is 3.97. The number of rotatable bonds is 4. The summed E-state index contributed by atoms with van der Waals surface area (Å²) in [7, 11) is 0. The Bertz CT molecular complexity index is 460. The van der Waals surface area contributed by atoms with E-state index in [2.05, 4.69) is 5.32 Å². The first kappa shape index (κ1) is 11.9. The van der Waals surface area contributed by atoms with Gasteiger partial charge in [0.05, 0.1) is 4.88 Å². The number of carboxylic acid groups (broad SMARTS) is 1. The van der Waals surface area contributed by atoms with Crippen molar-refractivity contribution >= 4 is 29.3 Å². The molecule has 0 saturated heterocycles. The quantitative estimate of drug-likeness (QED) is 0.806. The molecule has 2 N–H and O–H groups in total. The van der Waals surface area contributed by atoms with Gasteiger partial charge in [0, 0.05) is 17.0 Å². The van der Waals surface area contributed by atoms with E-state index in [1.807, 2.05) is 0 Å². The number of nitrogens with one attached hydrogen (secondary N) is 1. The Balaban J connectivity index is 1.96. The van der Waals surface area contributed by atoms with Crippen LogP contribution in [0.4, 0.5) is 0 Å². The summed E-state index contributed by atoms with van der Waals surface area (Å²) >= 11 is 1.30. The van der Waals surface area contributed by atoms with Crippen molar-refractivity contribution < 1.29 is 14.7 Å². The maximum absolute atomic E-state index is 11.8. The van der Waals surface area contributed by atoms with Gasteiger partial charge >= 0.3 is 5.97 Å². The van der Waals surface area contributed by atoms with Crippen LogP contribution in [-0.4, -0.2) is 23.0 Å². The van der Waals surface area contributed by atoms with Crippen molar-refractivity contribution in [2.24, 2.45) is 0 Å². The van der Waals surface area contributed by atoms with Crippen LogP contribution in [-0.2, 0) is 4.79 Å². The molecule has 0 atom stereocenters. The molecule has 5 heteroatoms. The number of thiophene rings is 1. The first-order valence-electron chi connectivity index (χ1n) is 5.47. The number of aliphatic carboxylic acids is 1. The molecule has 0 bridgehead atoms. The predicted octanol–water partition coefficient (Wildman–Crippen LogP) is 2.13. The summed E-state index contributed by atoms with van der Waals surface area (Å²) in [5, 5.41) is 11.4. The van der Waals surface area contributed by atoms with Gasteiger partial charge in [0.1, 0.15) is 0 Å². The predicted molar refractivity (Wildman–Crippen MR) is 66.1 cm³/mol. The van der Waals surface area contributed by atoms with Crippen molar-refractivity contribution in [3.05, 3.63) is 28.0 Å². The van der Waals surface area contributed by atoms with E-state index in [0.29, 0.717) is 10.9 Å². The Kier molecular flexibility index (Phi) is 3.58. The molecule has 0 aliphatic heterocycles. The number of hydrogen-bond acceptors (Lipinski definition) is 3. The topological polar surface area (TPSA) is 66.4 Å². The van der Waals surface area contributed by atoms with Gasteiger partial charge < -0.3 is 10.4 Å². The first-order chi connectivity index (χ1) is 8.15. The van der Waals surface area contributed by atoms with Gasteiger partial charge in [0.25, 0.3) is 5.91 Å². The van der Waals surface area contributed by atoms with Gasteiger partial charge in [-0.05, 0) is 37.5 Å². The average molecular weight is 251 g/mol. The van der Waals surface area contributed by atoms with Gasteiger partial charge in [-0.2, -0.15) is 0 Å². The molecule has 1 amide bonds. The van der Waals surface area contributed by atoms with Gasteiger partial charge in [-0.25, -0.2) is 4.79 Å². The molecule has 0 spiro atoms. The first-order valence-corrected chi connectivity index (χ1v) is 6.28. The smallest absolute Gasteiger partial charge is 0.328 e. The fraction of sp³-hybridized carbons (Fsp3) is 0.333. The van der Waals surface area contributed by atoms with Gasteiger partial charge in [0.15, 0.2) is 0 Å². The van der Waals surface area contributed by atoms with Crippen molar-refractivity contribution in [3.63, 3.8) is 0 Å². The zero-order valence-electron chi connectivity index (χ0n) is 9.18. The van der Waals surface area contributed by atoms with Gasteiger partial charge in [-0.3, -0.25) is 4.79 Å². The zero-order valence-corrected chi connectivity index (χ0v) is 10.00. The summed E-state index contributed by atoms with van der Waals surface area (Å²) in [6.07, 6.45) is 5.86. The lowest BCUT2D eigenvalue weighted by Crippen LogP contribution is -2.39. The molecular weight excluding hydrogens is 238 g/mol. The molecule has 17 heavy (non-hydrogen) atoms. The minimum atomic E-state index is -0.987. The van der Waals surface area contributed by atoms with Gasteiger partial charge in [-0.15, -0.1) is 11.3 Å². The third kappa shape index (κ3) is 3.17. The molecular formula is C12H13NO3S. The fourth-order valence-corrected chi connectivity index (χ4v) is 2.34. The molecule has 0 unspecified atom stereocenters. The maximum Gasteiger partial charge on any atom is 0.328 e. The normalized spacial score (nSPS) is 15.8. The summed E-state index contributed by atoms with van der Waals surface area (Å²) in [5.41, 5.74) is 0. The summed E-state index contributed by atoms with van der Waals surface area (Å²) in [6.45, 7) is 0. The van der Waals surface area contributed by atoms with Crippen LogP contribution in [0.5, 0.6) is 0 Å². The lowest BCUT2D eigenvalue weighted by molar-refractivity contribution is -0.131. The van der Waals surface area contributed by atoms with E-state index in [1.165, 1.54) is 23.8 Å². The molecule has 0 radical (unpaired) electrons. The second kappa shape index (κ2) is 5.14. The minimum absolute atomic E-state index is 0.0605. The molecule has 1 aliphatic carbocycles. The Morgan fingerprint density at radius 2 is 2.18 bits per heavy atom. The number of hydrogen-bond donors (Lipinski definition) is 2. The van der Waals surface area contributed by atoms with Gasteiger partial charge in [0.2, 0.25) is 0 Å². The molecule has 1 saturated carbocycles. The number of carbonyl (C=O) groups is 2. The zero-order chi connectivity index (χ0) is 12.3. The largest absolute Gasteiger partial charge is 0.478 e. The molecule has 2 rings (SSSR count). The fourth-order valence-electron chi connectivity index (χ4n) is 1.53. The lowest BCUT2D eigenvalue weighted by Gasteiger charge is -2.25. The van der Waals surface area contributed by atoms with E-state index < -0.39 is 5.97 Å². The van der Waals surface area contributed by atoms with E-state index >= 15 is 0 Å². The van der Waals surface area contributed by atoms with Crippen LogP contribution in [0, 0.1) is 0 Å². The van der Waals surface area contributed by atoms with Crippen LogP contribution in [0.1, 0.15) is 33.8 Å². The molecule has 1 aliphatic rings. The Labute approximate surface area is 103 Å². The van der Waals surface area contributed by atoms with Crippen molar-refractivity contribution in [2.75, 3.05) is 0 Å². The molecule has 90 valence electrons. The highest BCUT2D eigenvalue weighted by Gasteiger charge is 2.20. The molecule has 0 aromatic carbocycles. The monoisotopic (exact) mass is 251 g/mol. The summed E-state index contributed by atoms with van der Waals surface area (Å²) < 4.78 is 0. The van der Waals surface area contributed by atoms with Crippen molar-refractivity contribution in [1.29, 1.82) is 0 Å². The summed E-state index contributed by atoms with van der Waals surface area (Å²) in [5.74, 6) is -1.05. The van der Waals surface area contributed by atoms with Crippen LogP contribution < -0.4 is 5.32 Å². The van der Waals surface area contributed by atoms with Crippen molar-refractivity contribution in [1.82, 2.24) is 5.32 Å². The average Bonchev–Trinajstić information content (AvgIpc) is 2.69. The summed E-state index contributed by atoms with van der Waals surface area (Å²) in [6, 6.07) is 3.79. The highest BCUT2D eigenvalue weighted by atomic mass is 32.1. The van der Waals surface area contributed by atoms with Crippen LogP contribution in [0.15, 0.2) is 18.2 Å². The van der Waals surface area contributed by atoms with Crippen molar-refractivity contribution in [2.45, 2.75) is 25.3 Å². The van der Waals surface area contributed by atoms with Crippen LogP contribution in [0.2, 0.25) is 0 Å². The van der Waals surface area contributed by atoms with Crippen LogP contribution >= 0.6 is 11.3 Å². The molecule has 1 aromatic rings. The number of amides is 1. The third-order valence-electron chi connectivity index (χ3n) is 2.68. The Morgan fingerprint density at radius 1 is 1.41 bits per heavy atom. The maximum atomic E-state index is 11.8. The van der Waals surface area contributed by atoms with Crippen LogP contribution in [0.3, 0.4) is 0 Å². The van der Waals surface area contributed by atoms with Crippen molar-refractivity contribution in [3.8, 4) is 0 Å². The molecule has 4 nitrogen and oxygen atoms in total. The number of carboxylic acids is 1. The van der Waals surface area contributed by atoms with E-state index in [4.69, 9.17) is 5.11 Å². The van der Waals surface area contributed by atoms with E-state index in [9.17, 15) is 9.59 Å². The SMILES string of the molecule is O=C(O)C=Cc1ccc(C(=O)NC2CCC2)s1. The van der Waals surface area contributed by atoms with E-state index in [1.54, 1.807) is 12.1 Å². The van der Waals surface area contributed by atoms with E-state index in [-0.39, 0.29) is 5.91 Å². The minimum Gasteiger partial charge on any atom is -0.478 e. The Hall–Kier alpha value is -1.62. The Morgan fingerprint density at radius 3 is 2.76 bits per heavy atom. The molecule has 1 aromatic heterocycles. The number of carbonyl (C=O) groups excluding carboxylic acids is 1. The lowest BCUT2D eigenvalue weighted by atomic mass is 9.93. The molecule has 1 fully saturated rings. The highest BCUT2D eigenvalue weighted by Crippen LogP contribution is 2.21. The van der Waals surface area contributed by atoms with E-state index in [0.717, 1.165) is 23.8 Å². The molecule has 1 heterocycles. The summed E-state index contributed by atoms with van der Waals surface area (Å²) in [4.78, 5) is 23.5. The standard InChI is InChI=1S/C12H13NO3S/c14-11(15)7-5-9-4-6-10(17-9)12(16)13-8-2-1-3-8/h4-8H,1-3H2,(H,13,16)(H,14,15). The third-order valence-corrected chi connectivity index (χ3v) is 3.73.